The van der Waals surface area contributed by atoms with E-state index < -0.39 is 22.0 Å². The van der Waals surface area contributed by atoms with Crippen molar-refractivity contribution in [2.75, 3.05) is 29.1 Å². The van der Waals surface area contributed by atoms with E-state index in [2.05, 4.69) is 25.7 Å². The van der Waals surface area contributed by atoms with E-state index >= 15 is 0 Å². The molecular weight excluding hydrogens is 574 g/mol. The van der Waals surface area contributed by atoms with Gasteiger partial charge < -0.3 is 25.8 Å². The number of hydrogen-bond acceptors (Lipinski definition) is 9. The number of carbonyl (C=O) groups is 2. The highest BCUT2D eigenvalue weighted by atomic mass is 32.2. The molecule has 0 radical (unpaired) electrons. The Kier molecular flexibility index (Phi) is 9.34. The van der Waals surface area contributed by atoms with Gasteiger partial charge in [0.05, 0.1) is 30.4 Å². The van der Waals surface area contributed by atoms with Crippen LogP contribution in [0.4, 0.5) is 22.0 Å². The average Bonchev–Trinajstić information content (AvgIpc) is 3.21. The van der Waals surface area contributed by atoms with Crippen molar-refractivity contribution in [3.63, 3.8) is 0 Å². The number of nitrogens with zero attached hydrogens (tertiary/aromatic N) is 3. The summed E-state index contributed by atoms with van der Waals surface area (Å²) in [6.45, 7) is 15.5. The summed E-state index contributed by atoms with van der Waals surface area (Å²) in [4.78, 5) is 25.9. The van der Waals surface area contributed by atoms with Gasteiger partial charge >= 0.3 is 6.09 Å². The van der Waals surface area contributed by atoms with Gasteiger partial charge in [0.2, 0.25) is 10.0 Å². The minimum atomic E-state index is -3.64. The number of aryl methyl sites for hydroxylation is 1. The predicted molar refractivity (Wildman–Crippen MR) is 167 cm³/mol. The number of methoxy groups -OCH3 is 1. The van der Waals surface area contributed by atoms with Gasteiger partial charge in [0.15, 0.2) is 11.6 Å². The van der Waals surface area contributed by atoms with E-state index in [1.807, 2.05) is 48.5 Å². The fourth-order valence-electron chi connectivity index (χ4n) is 3.86. The average molecular weight is 616 g/mol. The molecule has 13 nitrogen and oxygen atoms in total. The summed E-state index contributed by atoms with van der Waals surface area (Å²) in [5.74, 6) is -0.556. The predicted octanol–water partition coefficient (Wildman–Crippen LogP) is 4.61. The van der Waals surface area contributed by atoms with Gasteiger partial charge in [0.1, 0.15) is 0 Å². The molecule has 1 atom stereocenters. The number of ether oxygens (including phenoxy) is 2. The van der Waals surface area contributed by atoms with Crippen LogP contribution in [-0.2, 0) is 15.4 Å². The van der Waals surface area contributed by atoms with Gasteiger partial charge in [-0.05, 0) is 60.1 Å². The van der Waals surface area contributed by atoms with E-state index in [0.29, 0.717) is 5.69 Å². The summed E-state index contributed by atoms with van der Waals surface area (Å²) in [7, 11) is -2.25. The lowest BCUT2D eigenvalue weighted by Crippen LogP contribution is -2.42. The molecule has 1 aromatic heterocycles. The first-order chi connectivity index (χ1) is 19.7. The molecule has 0 saturated carbocycles. The van der Waals surface area contributed by atoms with E-state index in [9.17, 15) is 18.0 Å². The molecule has 0 aliphatic heterocycles. The van der Waals surface area contributed by atoms with Gasteiger partial charge in [-0.25, -0.2) is 13.2 Å². The van der Waals surface area contributed by atoms with Crippen molar-refractivity contribution < 1.29 is 27.5 Å². The van der Waals surface area contributed by atoms with Crippen molar-refractivity contribution in [1.82, 2.24) is 20.3 Å². The smallest absolute Gasteiger partial charge is 0.414 e. The van der Waals surface area contributed by atoms with Crippen molar-refractivity contribution in [2.24, 2.45) is 5.41 Å². The Hall–Kier alpha value is -4.33. The number of benzene rings is 2. The van der Waals surface area contributed by atoms with Crippen LogP contribution in [0.3, 0.4) is 0 Å². The van der Waals surface area contributed by atoms with Gasteiger partial charge in [-0.2, -0.15) is 4.68 Å². The molecule has 2 aromatic carbocycles. The van der Waals surface area contributed by atoms with Crippen molar-refractivity contribution in [3.8, 4) is 17.3 Å². The topological polar surface area (TPSA) is 180 Å². The second kappa shape index (κ2) is 12.1. The Balaban J connectivity index is 1.95. The van der Waals surface area contributed by atoms with E-state index in [4.69, 9.17) is 15.2 Å². The maximum absolute atomic E-state index is 13.5. The Morgan fingerprint density at radius 3 is 2.23 bits per heavy atom. The lowest BCUT2D eigenvalue weighted by Gasteiger charge is -2.27. The first-order valence-corrected chi connectivity index (χ1v) is 15.4. The third-order valence-corrected chi connectivity index (χ3v) is 7.49. The first kappa shape index (κ1) is 33.2. The maximum Gasteiger partial charge on any atom is 0.414 e. The highest BCUT2D eigenvalue weighted by molar-refractivity contribution is 7.92. The summed E-state index contributed by atoms with van der Waals surface area (Å²) in [6.07, 6.45) is 0.315. The highest BCUT2D eigenvalue weighted by Crippen LogP contribution is 2.39. The third-order valence-electron chi connectivity index (χ3n) is 6.90. The van der Waals surface area contributed by atoms with Gasteiger partial charge in [0.25, 0.3) is 11.8 Å². The Bertz CT molecular complexity index is 1640. The van der Waals surface area contributed by atoms with Crippen LogP contribution in [-0.4, -0.2) is 54.8 Å². The van der Waals surface area contributed by atoms with E-state index in [0.717, 1.165) is 17.4 Å². The van der Waals surface area contributed by atoms with Crippen molar-refractivity contribution >= 4 is 39.2 Å². The molecule has 0 fully saturated rings. The van der Waals surface area contributed by atoms with Crippen LogP contribution in [0, 0.1) is 12.3 Å². The normalized spacial score (nSPS) is 12.8. The summed E-state index contributed by atoms with van der Waals surface area (Å²) < 4.78 is 38.7. The van der Waals surface area contributed by atoms with Gasteiger partial charge in [-0.3, -0.25) is 9.52 Å². The zero-order valence-electron chi connectivity index (χ0n) is 26.2. The molecule has 0 bridgehead atoms. The molecule has 14 heteroatoms. The summed E-state index contributed by atoms with van der Waals surface area (Å²) in [5, 5.41) is 13.5. The van der Waals surface area contributed by atoms with Crippen LogP contribution in [0.2, 0.25) is 0 Å². The number of hydrogen-bond donors (Lipinski definition) is 4. The summed E-state index contributed by atoms with van der Waals surface area (Å²) >= 11 is 0. The number of amides is 2. The van der Waals surface area contributed by atoms with E-state index in [1.165, 1.54) is 11.8 Å². The molecule has 0 saturated heterocycles. The second-order valence-corrected chi connectivity index (χ2v) is 14.2. The number of anilines is 3. The number of nitrogen functional groups attached to an aromatic ring is 1. The number of nitrogens with two attached hydrogens (primary N) is 1. The van der Waals surface area contributed by atoms with Crippen molar-refractivity contribution in [1.29, 1.82) is 0 Å². The van der Waals surface area contributed by atoms with Crippen LogP contribution in [0.15, 0.2) is 30.3 Å². The monoisotopic (exact) mass is 615 g/mol. The maximum atomic E-state index is 13.5. The van der Waals surface area contributed by atoms with E-state index in [-0.39, 0.29) is 51.3 Å². The first-order valence-electron chi connectivity index (χ1n) is 13.5. The van der Waals surface area contributed by atoms with Crippen LogP contribution in [0.5, 0.6) is 11.6 Å². The highest BCUT2D eigenvalue weighted by Gasteiger charge is 2.25. The molecule has 5 N–H and O–H groups in total. The SMILES string of the molecule is COc1c(NC(=O)c2ccc(C)c(-n3nnc(OC(=O)N[C@@H](C)C(C)(C)C)c3N)c2)cc(C(C)(C)C)cc1NS(C)(=O)=O. The fraction of sp³-hybridized carbons (Fsp3) is 0.448. The lowest BCUT2D eigenvalue weighted by atomic mass is 9.86. The number of carbonyl (C=O) groups excluding carboxylic acids is 2. The van der Waals surface area contributed by atoms with Crippen LogP contribution in [0.1, 0.15) is 70.0 Å². The van der Waals surface area contributed by atoms with Crippen LogP contribution in [0.25, 0.3) is 5.69 Å². The number of nitrogens with one attached hydrogen (secondary N) is 3. The van der Waals surface area contributed by atoms with E-state index in [1.54, 1.807) is 37.3 Å². The molecule has 43 heavy (non-hydrogen) atoms. The minimum absolute atomic E-state index is 0.0322. The Labute approximate surface area is 252 Å². The zero-order chi connectivity index (χ0) is 32.5. The second-order valence-electron chi connectivity index (χ2n) is 12.5. The Morgan fingerprint density at radius 2 is 1.67 bits per heavy atom. The molecule has 3 rings (SSSR count). The van der Waals surface area contributed by atoms with Gasteiger partial charge in [0, 0.05) is 11.6 Å². The van der Waals surface area contributed by atoms with Crippen LogP contribution >= 0.6 is 0 Å². The lowest BCUT2D eigenvalue weighted by molar-refractivity contribution is 0.102. The molecular formula is C29H41N7O6S. The summed E-state index contributed by atoms with van der Waals surface area (Å²) in [6, 6.07) is 8.13. The molecule has 0 spiro atoms. The van der Waals surface area contributed by atoms with Crippen molar-refractivity contribution in [3.05, 3.63) is 47.0 Å². The standard InChI is InChI=1S/C29H41N7O6S/c1-16-11-12-18(13-22(16)36-24(30)26(33-35-36)42-27(38)31-17(2)28(3,4)5)25(37)32-20-14-19(29(6,7)8)15-21(23(20)41-9)34-43(10,39)40/h11-15,17,34H,30H2,1-10H3,(H,31,38)(H,32,37)/t17-/m0/s1. The molecule has 0 aliphatic rings. The molecule has 0 unspecified atom stereocenters. The minimum Gasteiger partial charge on any atom is -0.492 e. The number of rotatable bonds is 8. The Morgan fingerprint density at radius 1 is 1.05 bits per heavy atom. The quantitative estimate of drug-likeness (QED) is 0.281. The molecule has 234 valence electrons. The fourth-order valence-corrected chi connectivity index (χ4v) is 4.41. The third kappa shape index (κ3) is 8.15. The molecule has 0 aliphatic carbocycles. The largest absolute Gasteiger partial charge is 0.492 e. The molecule has 2 amide bonds. The zero-order valence-corrected chi connectivity index (χ0v) is 27.1. The number of sulfonamides is 1. The van der Waals surface area contributed by atoms with Gasteiger partial charge in [-0.1, -0.05) is 57.9 Å². The number of aromatic nitrogens is 3. The van der Waals surface area contributed by atoms with Gasteiger partial charge in [-0.15, -0.1) is 0 Å². The van der Waals surface area contributed by atoms with Crippen molar-refractivity contribution in [2.45, 2.75) is 66.8 Å². The molecule has 3 aromatic rings. The van der Waals surface area contributed by atoms with Crippen LogP contribution < -0.4 is 30.6 Å². The summed E-state index contributed by atoms with van der Waals surface area (Å²) in [5.41, 5.74) is 8.32. The molecule has 1 heterocycles.